The molecule has 0 spiro atoms. The van der Waals surface area contributed by atoms with Crippen LogP contribution in [0.3, 0.4) is 0 Å². The number of nitrogens with two attached hydrogens (primary N) is 1. The number of rotatable bonds is 4. The van der Waals surface area contributed by atoms with Crippen molar-refractivity contribution in [3.8, 4) is 5.69 Å². The van der Waals surface area contributed by atoms with Crippen molar-refractivity contribution >= 4 is 46.3 Å². The van der Waals surface area contributed by atoms with Crippen LogP contribution in [-0.2, 0) is 4.79 Å². The summed E-state index contributed by atoms with van der Waals surface area (Å²) in [5.74, 6) is -0.589. The molecule has 3 amide bonds. The van der Waals surface area contributed by atoms with Crippen LogP contribution in [0, 0.1) is 0 Å². The topological polar surface area (TPSA) is 136 Å². The van der Waals surface area contributed by atoms with E-state index in [0.717, 1.165) is 11.8 Å². The quantitative estimate of drug-likeness (QED) is 0.454. The van der Waals surface area contributed by atoms with Crippen molar-refractivity contribution in [2.24, 2.45) is 5.73 Å². The van der Waals surface area contributed by atoms with Crippen molar-refractivity contribution in [3.63, 3.8) is 0 Å². The van der Waals surface area contributed by atoms with Gasteiger partial charge in [-0.1, -0.05) is 29.4 Å². The fourth-order valence-corrected chi connectivity index (χ4v) is 3.17. The number of carbonyl (C=O) groups is 2. The highest BCUT2D eigenvalue weighted by atomic mass is 35.5. The number of H-pyrrole nitrogens is 1. The molecule has 3 rings (SSSR count). The normalized spacial score (nSPS) is 12.1. The zero-order valence-electron chi connectivity index (χ0n) is 13.4. The summed E-state index contributed by atoms with van der Waals surface area (Å²) in [5.41, 5.74) is 5.49. The summed E-state index contributed by atoms with van der Waals surface area (Å²) in [6, 6.07) is 5.99. The minimum atomic E-state index is -0.946. The van der Waals surface area contributed by atoms with Gasteiger partial charge in [0.25, 0.3) is 5.56 Å². The smallest absolute Gasteiger partial charge is 0.318 e. The second-order valence-electron chi connectivity index (χ2n) is 5.26. The van der Waals surface area contributed by atoms with E-state index in [1.165, 1.54) is 10.9 Å². The number of thioether (sulfide) groups is 1. The minimum Gasteiger partial charge on any atom is -0.351 e. The van der Waals surface area contributed by atoms with Crippen molar-refractivity contribution < 1.29 is 9.59 Å². The maximum atomic E-state index is 12.3. The van der Waals surface area contributed by atoms with E-state index in [4.69, 9.17) is 17.3 Å². The number of carbonyl (C=O) groups excluding carboxylic acids is 2. The average molecular weight is 393 g/mol. The Hall–Kier alpha value is -2.85. The van der Waals surface area contributed by atoms with E-state index in [0.29, 0.717) is 21.7 Å². The second kappa shape index (κ2) is 7.18. The maximum Gasteiger partial charge on any atom is 0.318 e. The third kappa shape index (κ3) is 3.70. The number of nitrogens with zero attached hydrogens (tertiary/aromatic N) is 3. The summed E-state index contributed by atoms with van der Waals surface area (Å²) in [6.45, 7) is 1.56. The lowest BCUT2D eigenvalue weighted by molar-refractivity contribution is -0.119. The highest BCUT2D eigenvalue weighted by molar-refractivity contribution is 8.00. The van der Waals surface area contributed by atoms with Crippen LogP contribution in [0.25, 0.3) is 16.7 Å². The van der Waals surface area contributed by atoms with Crippen LogP contribution < -0.4 is 16.6 Å². The molecule has 0 aliphatic heterocycles. The second-order valence-corrected chi connectivity index (χ2v) is 7.02. The molecule has 3 aromatic rings. The third-order valence-corrected chi connectivity index (χ3v) is 4.59. The fourth-order valence-electron chi connectivity index (χ4n) is 2.19. The van der Waals surface area contributed by atoms with Gasteiger partial charge in [0.15, 0.2) is 10.8 Å². The number of hydrogen-bond acceptors (Lipinski definition) is 6. The van der Waals surface area contributed by atoms with Crippen LogP contribution in [0.2, 0.25) is 5.02 Å². The summed E-state index contributed by atoms with van der Waals surface area (Å²) < 4.78 is 1.48. The molecule has 0 fully saturated rings. The highest BCUT2D eigenvalue weighted by Crippen LogP contribution is 2.22. The van der Waals surface area contributed by atoms with Gasteiger partial charge in [-0.15, -0.1) is 0 Å². The number of urea groups is 1. The van der Waals surface area contributed by atoms with Gasteiger partial charge < -0.3 is 10.7 Å². The van der Waals surface area contributed by atoms with Gasteiger partial charge in [0.2, 0.25) is 5.91 Å². The molecule has 0 aliphatic rings. The van der Waals surface area contributed by atoms with Crippen molar-refractivity contribution in [2.75, 3.05) is 0 Å². The molecule has 0 unspecified atom stereocenters. The monoisotopic (exact) mass is 392 g/mol. The molecule has 0 saturated carbocycles. The predicted octanol–water partition coefficient (Wildman–Crippen LogP) is 1.44. The van der Waals surface area contributed by atoms with Crippen molar-refractivity contribution in [2.45, 2.75) is 17.3 Å². The Morgan fingerprint density at radius 1 is 1.42 bits per heavy atom. The zero-order valence-corrected chi connectivity index (χ0v) is 15.0. The number of halogens is 1. The van der Waals surface area contributed by atoms with Crippen molar-refractivity contribution in [1.29, 1.82) is 0 Å². The lowest BCUT2D eigenvalue weighted by Gasteiger charge is -2.09. The summed E-state index contributed by atoms with van der Waals surface area (Å²) in [4.78, 5) is 41.8. The van der Waals surface area contributed by atoms with Gasteiger partial charge in [0, 0.05) is 5.02 Å². The Morgan fingerprint density at radius 3 is 2.88 bits per heavy atom. The Labute approximate surface area is 155 Å². The van der Waals surface area contributed by atoms with E-state index in [2.05, 4.69) is 15.1 Å². The van der Waals surface area contributed by atoms with Gasteiger partial charge in [-0.3, -0.25) is 14.9 Å². The van der Waals surface area contributed by atoms with Gasteiger partial charge in [0.05, 0.1) is 17.1 Å². The summed E-state index contributed by atoms with van der Waals surface area (Å²) in [6.07, 6.45) is 1.40. The summed E-state index contributed by atoms with van der Waals surface area (Å²) in [7, 11) is 0. The van der Waals surface area contributed by atoms with E-state index in [9.17, 15) is 14.4 Å². The lowest BCUT2D eigenvalue weighted by atomic mass is 10.3. The molecule has 2 aromatic heterocycles. The third-order valence-electron chi connectivity index (χ3n) is 3.37. The molecule has 0 radical (unpaired) electrons. The van der Waals surface area contributed by atoms with Crippen LogP contribution >= 0.6 is 23.4 Å². The van der Waals surface area contributed by atoms with Crippen molar-refractivity contribution in [1.82, 2.24) is 25.1 Å². The molecule has 26 heavy (non-hydrogen) atoms. The lowest BCUT2D eigenvalue weighted by Crippen LogP contribution is -2.39. The number of benzene rings is 1. The van der Waals surface area contributed by atoms with Gasteiger partial charge >= 0.3 is 6.03 Å². The first-order valence-corrected chi connectivity index (χ1v) is 8.62. The number of aromatic nitrogens is 4. The Balaban J connectivity index is 1.99. The minimum absolute atomic E-state index is 0.207. The number of primary amides is 1. The first-order valence-electron chi connectivity index (χ1n) is 7.36. The van der Waals surface area contributed by atoms with Gasteiger partial charge in [-0.2, -0.15) is 5.10 Å². The van der Waals surface area contributed by atoms with Crippen LogP contribution in [0.15, 0.2) is 40.4 Å². The Bertz CT molecular complexity index is 1060. The van der Waals surface area contributed by atoms with Gasteiger partial charge in [-0.25, -0.2) is 14.5 Å². The average Bonchev–Trinajstić information content (AvgIpc) is 2.98. The molecule has 134 valence electrons. The molecule has 11 heteroatoms. The highest BCUT2D eigenvalue weighted by Gasteiger charge is 2.19. The molecule has 4 N–H and O–H groups in total. The molecule has 2 heterocycles. The molecular weight excluding hydrogens is 380 g/mol. The molecule has 1 aromatic carbocycles. The summed E-state index contributed by atoms with van der Waals surface area (Å²) in [5, 5.41) is 6.48. The van der Waals surface area contributed by atoms with E-state index in [1.54, 1.807) is 31.2 Å². The molecule has 9 nitrogen and oxygen atoms in total. The standard InChI is InChI=1S/C15H13ClN6O3S/c1-7(12(23)20-14(17)25)26-15-19-11-10(13(24)21-15)6-18-22(11)9-4-2-3-8(16)5-9/h2-7H,1H3,(H,19,21,24)(H3,17,20,23,25)/t7-/m0/s1. The Kier molecular flexibility index (Phi) is 4.96. The number of imide groups is 1. The van der Waals surface area contributed by atoms with E-state index in [1.807, 2.05) is 5.32 Å². The van der Waals surface area contributed by atoms with Gasteiger partial charge in [0.1, 0.15) is 5.39 Å². The van der Waals surface area contributed by atoms with Crippen LogP contribution in [0.4, 0.5) is 4.79 Å². The van der Waals surface area contributed by atoms with E-state index >= 15 is 0 Å². The summed E-state index contributed by atoms with van der Waals surface area (Å²) >= 11 is 6.98. The fraction of sp³-hybridized carbons (Fsp3) is 0.133. The molecule has 0 saturated heterocycles. The number of nitrogens with one attached hydrogen (secondary N) is 2. The zero-order chi connectivity index (χ0) is 18.8. The maximum absolute atomic E-state index is 12.3. The largest absolute Gasteiger partial charge is 0.351 e. The number of amides is 3. The molecule has 1 atom stereocenters. The number of fused-ring (bicyclic) bond motifs is 1. The molecule has 0 aliphatic carbocycles. The SMILES string of the molecule is C[C@H](Sc1nc2c(cnn2-c2cccc(Cl)c2)c(=O)[nH]1)C(=O)NC(N)=O. The number of aromatic amines is 1. The van der Waals surface area contributed by atoms with Crippen LogP contribution in [0.1, 0.15) is 6.92 Å². The first-order chi connectivity index (χ1) is 12.3. The molecular formula is C15H13ClN6O3S. The Morgan fingerprint density at radius 2 is 2.19 bits per heavy atom. The van der Waals surface area contributed by atoms with Crippen LogP contribution in [0.5, 0.6) is 0 Å². The van der Waals surface area contributed by atoms with Gasteiger partial charge in [-0.05, 0) is 25.1 Å². The van der Waals surface area contributed by atoms with Crippen LogP contribution in [-0.4, -0.2) is 36.9 Å². The number of hydrogen-bond donors (Lipinski definition) is 3. The van der Waals surface area contributed by atoms with Crippen molar-refractivity contribution in [3.05, 3.63) is 45.8 Å². The molecule has 0 bridgehead atoms. The predicted molar refractivity (Wildman–Crippen MR) is 97.5 cm³/mol. The first kappa shape index (κ1) is 18.0. The van der Waals surface area contributed by atoms with E-state index in [-0.39, 0.29) is 5.16 Å². The van der Waals surface area contributed by atoms with E-state index < -0.39 is 22.7 Å².